The Balaban J connectivity index is 2.45. The molecule has 0 aliphatic carbocycles. The van der Waals surface area contributed by atoms with E-state index in [0.29, 0.717) is 11.4 Å². The Bertz CT molecular complexity index is 522. The highest BCUT2D eigenvalue weighted by molar-refractivity contribution is 5.69. The van der Waals surface area contributed by atoms with Crippen LogP contribution in [0.5, 0.6) is 5.75 Å². The zero-order valence-corrected chi connectivity index (χ0v) is 8.24. The summed E-state index contributed by atoms with van der Waals surface area (Å²) >= 11 is 0. The normalized spacial score (nSPS) is 10.2. The van der Waals surface area contributed by atoms with Crippen LogP contribution in [0.1, 0.15) is 5.69 Å². The quantitative estimate of drug-likeness (QED) is 0.789. The molecule has 0 bridgehead atoms. The number of benzene rings is 1. The molecule has 16 heavy (non-hydrogen) atoms. The van der Waals surface area contributed by atoms with Gasteiger partial charge in [0.1, 0.15) is 11.4 Å². The molecular formula is C10H9N3O3. The average Bonchev–Trinajstić information content (AvgIpc) is 2.66. The number of nitrogens with zero attached hydrogens (tertiary/aromatic N) is 3. The maximum absolute atomic E-state index is 10.6. The largest absolute Gasteiger partial charge is 0.506 e. The first kappa shape index (κ1) is 10.2. The van der Waals surface area contributed by atoms with Crippen molar-refractivity contribution in [2.45, 2.75) is 6.42 Å². The van der Waals surface area contributed by atoms with Crippen LogP contribution in [-0.4, -0.2) is 31.2 Å². The third kappa shape index (κ3) is 1.85. The van der Waals surface area contributed by atoms with Crippen molar-refractivity contribution in [3.8, 4) is 11.4 Å². The second-order valence-corrected chi connectivity index (χ2v) is 3.20. The second-order valence-electron chi connectivity index (χ2n) is 3.20. The Kier molecular flexibility index (Phi) is 2.55. The minimum absolute atomic E-state index is 0.0274. The molecule has 0 saturated carbocycles. The number of phenols is 1. The van der Waals surface area contributed by atoms with E-state index < -0.39 is 5.97 Å². The number of carbonyl (C=O) groups is 1. The minimum Gasteiger partial charge on any atom is -0.506 e. The van der Waals surface area contributed by atoms with Gasteiger partial charge in [-0.1, -0.05) is 17.3 Å². The van der Waals surface area contributed by atoms with Crippen molar-refractivity contribution in [3.63, 3.8) is 0 Å². The zero-order valence-electron chi connectivity index (χ0n) is 8.24. The summed E-state index contributed by atoms with van der Waals surface area (Å²) in [6.07, 6.45) is 1.17. The van der Waals surface area contributed by atoms with Gasteiger partial charge in [-0.2, -0.15) is 0 Å². The van der Waals surface area contributed by atoms with E-state index in [1.165, 1.54) is 16.9 Å². The Hall–Kier alpha value is -2.37. The molecule has 0 fully saturated rings. The monoisotopic (exact) mass is 219 g/mol. The Labute approximate surface area is 90.8 Å². The van der Waals surface area contributed by atoms with E-state index in [4.69, 9.17) is 5.11 Å². The lowest BCUT2D eigenvalue weighted by molar-refractivity contribution is -0.136. The standard InChI is InChI=1S/C10H9N3O3/c14-9-4-2-1-3-8(9)13-7(5-10(15)16)6-11-12-13/h1-4,6,14H,5H2,(H,15,16). The molecule has 0 atom stereocenters. The Morgan fingerprint density at radius 3 is 2.81 bits per heavy atom. The van der Waals surface area contributed by atoms with Gasteiger partial charge in [0.15, 0.2) is 0 Å². The number of aromatic nitrogens is 3. The number of rotatable bonds is 3. The molecule has 0 spiro atoms. The van der Waals surface area contributed by atoms with E-state index in [-0.39, 0.29) is 12.2 Å². The second kappa shape index (κ2) is 4.01. The van der Waals surface area contributed by atoms with Gasteiger partial charge in [-0.15, -0.1) is 5.10 Å². The number of aliphatic carboxylic acids is 1. The molecule has 2 aromatic rings. The molecule has 2 N–H and O–H groups in total. The summed E-state index contributed by atoms with van der Waals surface area (Å²) in [5.74, 6) is -0.946. The van der Waals surface area contributed by atoms with Gasteiger partial charge in [0.2, 0.25) is 0 Å². The molecule has 1 aromatic heterocycles. The van der Waals surface area contributed by atoms with Gasteiger partial charge in [0, 0.05) is 0 Å². The summed E-state index contributed by atoms with van der Waals surface area (Å²) in [5.41, 5.74) is 0.824. The number of hydrogen-bond donors (Lipinski definition) is 2. The van der Waals surface area contributed by atoms with Gasteiger partial charge in [0.05, 0.1) is 18.3 Å². The zero-order chi connectivity index (χ0) is 11.5. The first-order valence-electron chi connectivity index (χ1n) is 4.58. The van der Waals surface area contributed by atoms with Crippen molar-refractivity contribution in [1.29, 1.82) is 0 Å². The summed E-state index contributed by atoms with van der Waals surface area (Å²) in [6, 6.07) is 6.53. The van der Waals surface area contributed by atoms with Gasteiger partial charge in [0.25, 0.3) is 0 Å². The number of aromatic hydroxyl groups is 1. The molecule has 0 aliphatic heterocycles. The van der Waals surface area contributed by atoms with Crippen LogP contribution in [0.2, 0.25) is 0 Å². The van der Waals surface area contributed by atoms with Crippen LogP contribution in [0.15, 0.2) is 30.5 Å². The fourth-order valence-corrected chi connectivity index (χ4v) is 1.38. The van der Waals surface area contributed by atoms with Crippen molar-refractivity contribution >= 4 is 5.97 Å². The van der Waals surface area contributed by atoms with Crippen molar-refractivity contribution < 1.29 is 15.0 Å². The van der Waals surface area contributed by atoms with Crippen LogP contribution in [0.3, 0.4) is 0 Å². The number of carboxylic acids is 1. The van der Waals surface area contributed by atoms with Crippen LogP contribution in [0.4, 0.5) is 0 Å². The molecule has 2 rings (SSSR count). The highest BCUT2D eigenvalue weighted by atomic mass is 16.4. The number of phenolic OH excluding ortho intramolecular Hbond substituents is 1. The van der Waals surface area contributed by atoms with E-state index in [0.717, 1.165) is 0 Å². The van der Waals surface area contributed by atoms with E-state index in [2.05, 4.69) is 10.3 Å². The van der Waals surface area contributed by atoms with Gasteiger partial charge in [-0.05, 0) is 12.1 Å². The van der Waals surface area contributed by atoms with E-state index >= 15 is 0 Å². The fraction of sp³-hybridized carbons (Fsp3) is 0.100. The Morgan fingerprint density at radius 1 is 1.38 bits per heavy atom. The van der Waals surface area contributed by atoms with Crippen LogP contribution < -0.4 is 0 Å². The third-order valence-electron chi connectivity index (χ3n) is 2.06. The molecule has 0 amide bonds. The molecule has 1 aromatic carbocycles. The van der Waals surface area contributed by atoms with Crippen LogP contribution in [0.25, 0.3) is 5.69 Å². The molecule has 1 heterocycles. The maximum atomic E-state index is 10.6. The highest BCUT2D eigenvalue weighted by Crippen LogP contribution is 2.20. The van der Waals surface area contributed by atoms with E-state index in [1.807, 2.05) is 0 Å². The molecular weight excluding hydrogens is 210 g/mol. The van der Waals surface area contributed by atoms with Crippen LogP contribution in [0, 0.1) is 0 Å². The Morgan fingerprint density at radius 2 is 2.12 bits per heavy atom. The first-order valence-corrected chi connectivity index (χ1v) is 4.58. The molecule has 0 saturated heterocycles. The minimum atomic E-state index is -0.973. The van der Waals surface area contributed by atoms with Gasteiger partial charge >= 0.3 is 5.97 Å². The van der Waals surface area contributed by atoms with Gasteiger partial charge in [-0.25, -0.2) is 4.68 Å². The van der Waals surface area contributed by atoms with Crippen molar-refractivity contribution in [2.24, 2.45) is 0 Å². The van der Waals surface area contributed by atoms with Gasteiger partial charge in [-0.3, -0.25) is 4.79 Å². The van der Waals surface area contributed by atoms with E-state index in [9.17, 15) is 9.90 Å². The predicted octanol–water partition coefficient (Wildman–Crippen LogP) is 0.600. The lowest BCUT2D eigenvalue weighted by Gasteiger charge is -2.05. The molecule has 6 nitrogen and oxygen atoms in total. The highest BCUT2D eigenvalue weighted by Gasteiger charge is 2.12. The summed E-state index contributed by atoms with van der Waals surface area (Å²) in [4.78, 5) is 10.6. The molecule has 82 valence electrons. The van der Waals surface area contributed by atoms with Crippen LogP contribution >= 0.6 is 0 Å². The summed E-state index contributed by atoms with van der Waals surface area (Å²) in [5, 5.41) is 25.7. The van der Waals surface area contributed by atoms with Crippen LogP contribution in [-0.2, 0) is 11.2 Å². The molecule has 6 heteroatoms. The summed E-state index contributed by atoms with van der Waals surface area (Å²) in [6.45, 7) is 0. The smallest absolute Gasteiger partial charge is 0.309 e. The van der Waals surface area contributed by atoms with Crippen molar-refractivity contribution in [3.05, 3.63) is 36.2 Å². The SMILES string of the molecule is O=C(O)Cc1cnnn1-c1ccccc1O. The fourth-order valence-electron chi connectivity index (χ4n) is 1.38. The molecule has 0 radical (unpaired) electrons. The maximum Gasteiger partial charge on any atom is 0.309 e. The first-order chi connectivity index (χ1) is 7.68. The van der Waals surface area contributed by atoms with Crippen molar-refractivity contribution in [1.82, 2.24) is 15.0 Å². The van der Waals surface area contributed by atoms with E-state index in [1.54, 1.807) is 18.2 Å². The average molecular weight is 219 g/mol. The number of carboxylic acid groups (broad SMARTS) is 1. The van der Waals surface area contributed by atoms with Gasteiger partial charge < -0.3 is 10.2 Å². The molecule has 0 aliphatic rings. The number of para-hydroxylation sites is 2. The molecule has 0 unspecified atom stereocenters. The number of hydrogen-bond acceptors (Lipinski definition) is 4. The summed E-state index contributed by atoms with van der Waals surface area (Å²) in [7, 11) is 0. The lowest BCUT2D eigenvalue weighted by atomic mass is 10.2. The lowest BCUT2D eigenvalue weighted by Crippen LogP contribution is -2.08. The third-order valence-corrected chi connectivity index (χ3v) is 2.06. The van der Waals surface area contributed by atoms with Crippen molar-refractivity contribution in [2.75, 3.05) is 0 Å². The summed E-state index contributed by atoms with van der Waals surface area (Å²) < 4.78 is 1.31. The predicted molar refractivity (Wildman–Crippen MR) is 54.4 cm³/mol. The topological polar surface area (TPSA) is 88.2 Å².